The van der Waals surface area contributed by atoms with Crippen molar-refractivity contribution in [1.29, 1.82) is 5.26 Å². The summed E-state index contributed by atoms with van der Waals surface area (Å²) in [6.45, 7) is 6.40. The van der Waals surface area contributed by atoms with Crippen molar-refractivity contribution < 1.29 is 0 Å². The van der Waals surface area contributed by atoms with Crippen LogP contribution < -0.4 is 0 Å². The van der Waals surface area contributed by atoms with Crippen LogP contribution in [0.1, 0.15) is 16.7 Å². The normalized spacial score (nSPS) is 16.3. The van der Waals surface area contributed by atoms with E-state index in [0.29, 0.717) is 5.56 Å². The number of aromatic nitrogens is 1. The SMILES string of the molecule is N#Cc1ccc(C=CCN2CCN(Cc3ccncc3)CC2)cc1. The van der Waals surface area contributed by atoms with Crippen molar-refractivity contribution in [2.24, 2.45) is 0 Å². The van der Waals surface area contributed by atoms with Gasteiger partial charge in [0.15, 0.2) is 0 Å². The van der Waals surface area contributed by atoms with Crippen LogP contribution in [-0.4, -0.2) is 47.5 Å². The molecule has 1 saturated heterocycles. The summed E-state index contributed by atoms with van der Waals surface area (Å²) in [6, 6.07) is 14.0. The molecule has 4 heteroatoms. The Morgan fingerprint density at radius 1 is 0.958 bits per heavy atom. The van der Waals surface area contributed by atoms with Crippen LogP contribution in [0.4, 0.5) is 0 Å². The fourth-order valence-corrected chi connectivity index (χ4v) is 2.88. The van der Waals surface area contributed by atoms with Crippen LogP contribution in [0, 0.1) is 11.3 Å². The quantitative estimate of drug-likeness (QED) is 0.850. The van der Waals surface area contributed by atoms with Crippen LogP contribution in [0.25, 0.3) is 6.08 Å². The first kappa shape index (κ1) is 16.4. The smallest absolute Gasteiger partial charge is 0.0991 e. The number of piperazine rings is 1. The van der Waals surface area contributed by atoms with Crippen molar-refractivity contribution in [3.05, 3.63) is 71.6 Å². The lowest BCUT2D eigenvalue weighted by Gasteiger charge is -2.34. The summed E-state index contributed by atoms with van der Waals surface area (Å²) in [4.78, 5) is 9.04. The first-order valence-corrected chi connectivity index (χ1v) is 8.34. The molecule has 0 unspecified atom stereocenters. The summed E-state index contributed by atoms with van der Waals surface area (Å²) >= 11 is 0. The number of hydrogen-bond donors (Lipinski definition) is 0. The van der Waals surface area contributed by atoms with Gasteiger partial charge in [0, 0.05) is 51.7 Å². The maximum absolute atomic E-state index is 8.81. The molecule has 1 fully saturated rings. The molecule has 0 bridgehead atoms. The lowest BCUT2D eigenvalue weighted by atomic mass is 10.1. The molecule has 2 aromatic rings. The maximum Gasteiger partial charge on any atom is 0.0991 e. The zero-order chi connectivity index (χ0) is 16.6. The Morgan fingerprint density at radius 3 is 2.29 bits per heavy atom. The van der Waals surface area contributed by atoms with Gasteiger partial charge in [-0.25, -0.2) is 0 Å². The molecule has 0 spiro atoms. The molecule has 24 heavy (non-hydrogen) atoms. The highest BCUT2D eigenvalue weighted by Gasteiger charge is 2.15. The molecule has 1 aromatic carbocycles. The van der Waals surface area contributed by atoms with Crippen LogP contribution in [0.5, 0.6) is 0 Å². The maximum atomic E-state index is 8.81. The Bertz CT molecular complexity index is 693. The van der Waals surface area contributed by atoms with E-state index in [2.05, 4.69) is 45.1 Å². The topological polar surface area (TPSA) is 43.2 Å². The van der Waals surface area contributed by atoms with E-state index in [1.165, 1.54) is 5.56 Å². The average Bonchev–Trinajstić information content (AvgIpc) is 2.65. The van der Waals surface area contributed by atoms with E-state index >= 15 is 0 Å². The molecule has 0 atom stereocenters. The lowest BCUT2D eigenvalue weighted by molar-refractivity contribution is 0.137. The molecule has 0 amide bonds. The van der Waals surface area contributed by atoms with Crippen LogP contribution in [0.15, 0.2) is 54.9 Å². The third kappa shape index (κ3) is 4.76. The molecule has 0 N–H and O–H groups in total. The minimum absolute atomic E-state index is 0.706. The van der Waals surface area contributed by atoms with Gasteiger partial charge in [-0.2, -0.15) is 5.26 Å². The summed E-state index contributed by atoms with van der Waals surface area (Å²) in [5.74, 6) is 0. The van der Waals surface area contributed by atoms with E-state index in [1.807, 2.05) is 36.7 Å². The second-order valence-corrected chi connectivity index (χ2v) is 6.07. The van der Waals surface area contributed by atoms with E-state index in [1.54, 1.807) is 0 Å². The van der Waals surface area contributed by atoms with E-state index in [4.69, 9.17) is 5.26 Å². The van der Waals surface area contributed by atoms with Crippen molar-refractivity contribution in [2.75, 3.05) is 32.7 Å². The number of rotatable bonds is 5. The van der Waals surface area contributed by atoms with Crippen LogP contribution in [-0.2, 0) is 6.54 Å². The molecule has 4 nitrogen and oxygen atoms in total. The standard InChI is InChI=1S/C20H22N4/c21-16-19-5-3-18(4-6-19)2-1-11-23-12-14-24(15-13-23)17-20-7-9-22-10-8-20/h1-10H,11-15,17H2. The lowest BCUT2D eigenvalue weighted by Crippen LogP contribution is -2.45. The molecular formula is C20H22N4. The minimum atomic E-state index is 0.706. The summed E-state index contributed by atoms with van der Waals surface area (Å²) in [5, 5.41) is 8.81. The summed E-state index contributed by atoms with van der Waals surface area (Å²) in [5.41, 5.74) is 3.18. The summed E-state index contributed by atoms with van der Waals surface area (Å²) < 4.78 is 0. The number of nitriles is 1. The average molecular weight is 318 g/mol. The van der Waals surface area contributed by atoms with Crippen molar-refractivity contribution in [1.82, 2.24) is 14.8 Å². The molecule has 1 aliphatic heterocycles. The van der Waals surface area contributed by atoms with Gasteiger partial charge in [0.05, 0.1) is 11.6 Å². The molecule has 0 aliphatic carbocycles. The third-order valence-electron chi connectivity index (χ3n) is 4.33. The number of pyridine rings is 1. The highest BCUT2D eigenvalue weighted by atomic mass is 15.3. The van der Waals surface area contributed by atoms with E-state index in [0.717, 1.165) is 44.8 Å². The first-order chi connectivity index (χ1) is 11.8. The largest absolute Gasteiger partial charge is 0.297 e. The zero-order valence-corrected chi connectivity index (χ0v) is 13.8. The molecule has 0 radical (unpaired) electrons. The third-order valence-corrected chi connectivity index (χ3v) is 4.33. The fraction of sp³-hybridized carbons (Fsp3) is 0.300. The van der Waals surface area contributed by atoms with Gasteiger partial charge in [-0.3, -0.25) is 14.8 Å². The van der Waals surface area contributed by atoms with Gasteiger partial charge >= 0.3 is 0 Å². The minimum Gasteiger partial charge on any atom is -0.297 e. The van der Waals surface area contributed by atoms with Gasteiger partial charge in [-0.15, -0.1) is 0 Å². The highest BCUT2D eigenvalue weighted by molar-refractivity contribution is 5.51. The Balaban J connectivity index is 1.42. The summed E-state index contributed by atoms with van der Waals surface area (Å²) in [6.07, 6.45) is 8.06. The Morgan fingerprint density at radius 2 is 1.62 bits per heavy atom. The fourth-order valence-electron chi connectivity index (χ4n) is 2.88. The molecule has 2 heterocycles. The second kappa shape index (κ2) is 8.39. The van der Waals surface area contributed by atoms with Gasteiger partial charge < -0.3 is 0 Å². The van der Waals surface area contributed by atoms with Gasteiger partial charge in [0.2, 0.25) is 0 Å². The van der Waals surface area contributed by atoms with Gasteiger partial charge in [0.1, 0.15) is 0 Å². The van der Waals surface area contributed by atoms with E-state index < -0.39 is 0 Å². The van der Waals surface area contributed by atoms with Crippen LogP contribution in [0.3, 0.4) is 0 Å². The predicted octanol–water partition coefficient (Wildman–Crippen LogP) is 2.78. The zero-order valence-electron chi connectivity index (χ0n) is 13.8. The van der Waals surface area contributed by atoms with E-state index in [-0.39, 0.29) is 0 Å². The molecule has 1 aliphatic rings. The van der Waals surface area contributed by atoms with Crippen LogP contribution in [0.2, 0.25) is 0 Å². The Kier molecular flexibility index (Phi) is 5.73. The molecular weight excluding hydrogens is 296 g/mol. The second-order valence-electron chi connectivity index (χ2n) is 6.07. The Hall–Kier alpha value is -2.48. The van der Waals surface area contributed by atoms with E-state index in [9.17, 15) is 0 Å². The Labute approximate surface area is 143 Å². The highest BCUT2D eigenvalue weighted by Crippen LogP contribution is 2.09. The first-order valence-electron chi connectivity index (χ1n) is 8.34. The number of hydrogen-bond acceptors (Lipinski definition) is 4. The van der Waals surface area contributed by atoms with Crippen molar-refractivity contribution in [3.63, 3.8) is 0 Å². The monoisotopic (exact) mass is 318 g/mol. The molecule has 122 valence electrons. The van der Waals surface area contributed by atoms with Gasteiger partial charge in [-0.1, -0.05) is 24.3 Å². The van der Waals surface area contributed by atoms with Crippen molar-refractivity contribution in [2.45, 2.75) is 6.54 Å². The van der Waals surface area contributed by atoms with Crippen molar-refractivity contribution in [3.8, 4) is 6.07 Å². The molecule has 3 rings (SSSR count). The van der Waals surface area contributed by atoms with Crippen molar-refractivity contribution >= 4 is 6.08 Å². The number of nitrogens with zero attached hydrogens (tertiary/aromatic N) is 4. The molecule has 0 saturated carbocycles. The van der Waals surface area contributed by atoms with Crippen LogP contribution >= 0.6 is 0 Å². The van der Waals surface area contributed by atoms with Gasteiger partial charge in [0.25, 0.3) is 0 Å². The van der Waals surface area contributed by atoms with Gasteiger partial charge in [-0.05, 0) is 35.4 Å². The number of benzene rings is 1. The predicted molar refractivity (Wildman–Crippen MR) is 96.1 cm³/mol. The molecule has 1 aromatic heterocycles. The summed E-state index contributed by atoms with van der Waals surface area (Å²) in [7, 11) is 0.